The molecular weight excluding hydrogens is 839 g/mol. The van der Waals surface area contributed by atoms with Crippen molar-refractivity contribution in [1.82, 2.24) is 5.32 Å². The van der Waals surface area contributed by atoms with Crippen molar-refractivity contribution in [3.63, 3.8) is 0 Å². The normalized spacial score (nSPS) is 12.8. The molecule has 0 aliphatic heterocycles. The van der Waals surface area contributed by atoms with Gasteiger partial charge in [-0.05, 0) is 64.2 Å². The molecule has 0 rings (SSSR count). The molecule has 0 bridgehead atoms. The van der Waals surface area contributed by atoms with Crippen LogP contribution in [0.4, 0.5) is 0 Å². The quantitative estimate of drug-likeness (QED) is 0.0321. The second-order valence-electron chi connectivity index (χ2n) is 20.7. The van der Waals surface area contributed by atoms with E-state index in [1.165, 1.54) is 244 Å². The van der Waals surface area contributed by atoms with E-state index < -0.39 is 12.1 Å². The zero-order valence-electron chi connectivity index (χ0n) is 45.6. The van der Waals surface area contributed by atoms with Crippen molar-refractivity contribution in [3.05, 3.63) is 36.5 Å². The van der Waals surface area contributed by atoms with Crippen LogP contribution in [-0.2, 0) is 14.3 Å². The van der Waals surface area contributed by atoms with E-state index in [1.807, 2.05) is 6.08 Å². The minimum absolute atomic E-state index is 0.000285. The zero-order chi connectivity index (χ0) is 49.3. The minimum Gasteiger partial charge on any atom is -0.466 e. The molecule has 0 spiro atoms. The van der Waals surface area contributed by atoms with Gasteiger partial charge in [-0.3, -0.25) is 9.59 Å². The smallest absolute Gasteiger partial charge is 0.305 e. The van der Waals surface area contributed by atoms with Crippen molar-refractivity contribution in [1.29, 1.82) is 0 Å². The highest BCUT2D eigenvalue weighted by molar-refractivity contribution is 5.76. The number of hydrogen-bond acceptors (Lipinski definition) is 5. The molecule has 3 N–H and O–H groups in total. The van der Waals surface area contributed by atoms with E-state index in [0.29, 0.717) is 19.4 Å². The topological polar surface area (TPSA) is 95.9 Å². The third-order valence-corrected chi connectivity index (χ3v) is 13.9. The highest BCUT2D eigenvalue weighted by Gasteiger charge is 2.18. The van der Waals surface area contributed by atoms with Gasteiger partial charge in [0, 0.05) is 12.8 Å². The van der Waals surface area contributed by atoms with E-state index in [0.717, 1.165) is 51.4 Å². The number of nitrogens with one attached hydrogen (secondary N) is 1. The first kappa shape index (κ1) is 66.1. The van der Waals surface area contributed by atoms with Crippen LogP contribution in [0.5, 0.6) is 0 Å². The van der Waals surface area contributed by atoms with Crippen LogP contribution in [0, 0.1) is 0 Å². The molecule has 0 heterocycles. The van der Waals surface area contributed by atoms with Crippen molar-refractivity contribution in [2.24, 2.45) is 0 Å². The Kier molecular flexibility index (Phi) is 56.0. The van der Waals surface area contributed by atoms with E-state index in [1.54, 1.807) is 6.08 Å². The molecule has 0 aromatic heterocycles. The van der Waals surface area contributed by atoms with Gasteiger partial charge in [0.1, 0.15) is 0 Å². The molecule has 0 unspecified atom stereocenters. The summed E-state index contributed by atoms with van der Waals surface area (Å²) in [5.41, 5.74) is 0. The summed E-state index contributed by atoms with van der Waals surface area (Å²) in [6.45, 7) is 4.87. The number of carbonyl (C=O) groups is 2. The molecule has 0 aromatic rings. The molecule has 0 aliphatic carbocycles. The van der Waals surface area contributed by atoms with E-state index in [4.69, 9.17) is 4.74 Å². The molecule has 68 heavy (non-hydrogen) atoms. The molecule has 0 saturated carbocycles. The number of allylic oxidation sites excluding steroid dienone is 5. The van der Waals surface area contributed by atoms with Gasteiger partial charge < -0.3 is 20.3 Å². The summed E-state index contributed by atoms with van der Waals surface area (Å²) in [5.74, 6) is -0.0677. The van der Waals surface area contributed by atoms with Crippen molar-refractivity contribution < 1.29 is 24.5 Å². The Morgan fingerprint density at radius 3 is 1.15 bits per heavy atom. The fraction of sp³-hybridized carbons (Fsp3) is 0.871. The van der Waals surface area contributed by atoms with E-state index in [-0.39, 0.29) is 18.5 Å². The second-order valence-corrected chi connectivity index (χ2v) is 20.7. The summed E-state index contributed by atoms with van der Waals surface area (Å²) >= 11 is 0. The van der Waals surface area contributed by atoms with Crippen LogP contribution in [0.25, 0.3) is 0 Å². The Bertz CT molecular complexity index is 1100. The van der Waals surface area contributed by atoms with Crippen LogP contribution in [0.3, 0.4) is 0 Å². The number of rotatable bonds is 56. The number of carbonyl (C=O) groups excluding carboxylic acids is 2. The largest absolute Gasteiger partial charge is 0.466 e. The SMILES string of the molecule is CCCCC/C=C\C/C=C\CCCCCCCC(=O)OCCCCCCCCCCCCCCCCCCCCCCCCCC(=O)N[C@@H](CO)[C@H](O)/C=C/CCCCCCCCCCCCC. The Morgan fingerprint density at radius 1 is 0.412 bits per heavy atom. The van der Waals surface area contributed by atoms with Crippen LogP contribution >= 0.6 is 0 Å². The number of amides is 1. The van der Waals surface area contributed by atoms with Gasteiger partial charge in [0.15, 0.2) is 0 Å². The fourth-order valence-corrected chi connectivity index (χ4v) is 9.25. The molecule has 400 valence electrons. The van der Waals surface area contributed by atoms with Gasteiger partial charge in [-0.2, -0.15) is 0 Å². The number of hydrogen-bond donors (Lipinski definition) is 3. The van der Waals surface area contributed by atoms with E-state index in [9.17, 15) is 19.8 Å². The molecule has 6 nitrogen and oxygen atoms in total. The van der Waals surface area contributed by atoms with Crippen molar-refractivity contribution in [2.75, 3.05) is 13.2 Å². The highest BCUT2D eigenvalue weighted by Crippen LogP contribution is 2.17. The summed E-state index contributed by atoms with van der Waals surface area (Å²) in [6, 6.07) is -0.627. The van der Waals surface area contributed by atoms with Crippen LogP contribution in [-0.4, -0.2) is 47.4 Å². The van der Waals surface area contributed by atoms with Crippen molar-refractivity contribution >= 4 is 11.9 Å². The highest BCUT2D eigenvalue weighted by atomic mass is 16.5. The van der Waals surface area contributed by atoms with Crippen LogP contribution in [0.2, 0.25) is 0 Å². The lowest BCUT2D eigenvalue weighted by atomic mass is 10.0. The Hall–Kier alpha value is -1.92. The Balaban J connectivity index is 3.39. The lowest BCUT2D eigenvalue weighted by molar-refractivity contribution is -0.143. The Morgan fingerprint density at radius 2 is 0.735 bits per heavy atom. The third kappa shape index (κ3) is 53.4. The predicted octanol–water partition coefficient (Wildman–Crippen LogP) is 18.8. The van der Waals surface area contributed by atoms with Gasteiger partial charge in [0.2, 0.25) is 5.91 Å². The van der Waals surface area contributed by atoms with Crippen LogP contribution in [0.1, 0.15) is 322 Å². The summed E-state index contributed by atoms with van der Waals surface area (Å²) in [7, 11) is 0. The van der Waals surface area contributed by atoms with E-state index >= 15 is 0 Å². The molecule has 2 atom stereocenters. The molecule has 0 radical (unpaired) electrons. The van der Waals surface area contributed by atoms with Crippen LogP contribution in [0.15, 0.2) is 36.5 Å². The molecule has 0 aromatic carbocycles. The first-order valence-corrected chi connectivity index (χ1v) is 30.3. The Labute approximate surface area is 424 Å². The molecule has 0 saturated heterocycles. The van der Waals surface area contributed by atoms with Crippen molar-refractivity contribution in [3.8, 4) is 0 Å². The van der Waals surface area contributed by atoms with E-state index in [2.05, 4.69) is 43.5 Å². The average Bonchev–Trinajstić information content (AvgIpc) is 3.34. The first-order valence-electron chi connectivity index (χ1n) is 30.3. The molecular formula is C62H117NO5. The van der Waals surface area contributed by atoms with Gasteiger partial charge in [0.05, 0.1) is 25.4 Å². The maximum atomic E-state index is 12.4. The summed E-state index contributed by atoms with van der Waals surface area (Å²) in [4.78, 5) is 24.5. The summed E-state index contributed by atoms with van der Waals surface area (Å²) < 4.78 is 5.48. The number of aliphatic hydroxyl groups excluding tert-OH is 2. The molecule has 1 amide bonds. The van der Waals surface area contributed by atoms with Gasteiger partial charge >= 0.3 is 5.97 Å². The van der Waals surface area contributed by atoms with Gasteiger partial charge in [-0.1, -0.05) is 281 Å². The maximum absolute atomic E-state index is 12.4. The number of esters is 1. The first-order chi connectivity index (χ1) is 33.5. The average molecular weight is 957 g/mol. The standard InChI is InChI=1S/C62H117NO5/c1-3-5-7-9-11-13-15-17-27-32-36-40-44-48-52-56-62(67)68-57-53-49-45-41-37-33-29-26-24-22-20-18-19-21-23-25-28-31-35-39-43-47-51-55-61(66)63-59(58-64)60(65)54-50-46-42-38-34-30-16-14-12-10-8-6-4-2/h11,13,17,27,50,54,59-60,64-65H,3-10,12,14-16,18-26,28-49,51-53,55-58H2,1-2H3,(H,63,66)/b13-11-,27-17-,54-50+/t59-,60+/m0/s1. The number of unbranched alkanes of at least 4 members (excludes halogenated alkanes) is 41. The monoisotopic (exact) mass is 956 g/mol. The zero-order valence-corrected chi connectivity index (χ0v) is 45.6. The third-order valence-electron chi connectivity index (χ3n) is 13.9. The minimum atomic E-state index is -0.843. The molecule has 0 aliphatic rings. The number of ether oxygens (including phenoxy) is 1. The molecule has 6 heteroatoms. The van der Waals surface area contributed by atoms with Crippen LogP contribution < -0.4 is 5.32 Å². The second kappa shape index (κ2) is 57.7. The summed E-state index contributed by atoms with van der Waals surface area (Å²) in [6.07, 6.45) is 71.8. The number of aliphatic hydroxyl groups is 2. The van der Waals surface area contributed by atoms with Gasteiger partial charge in [0.25, 0.3) is 0 Å². The van der Waals surface area contributed by atoms with Crippen molar-refractivity contribution in [2.45, 2.75) is 334 Å². The fourth-order valence-electron chi connectivity index (χ4n) is 9.25. The lowest BCUT2D eigenvalue weighted by Crippen LogP contribution is -2.45. The lowest BCUT2D eigenvalue weighted by Gasteiger charge is -2.20. The summed E-state index contributed by atoms with van der Waals surface area (Å²) in [5, 5.41) is 23.1. The predicted molar refractivity (Wildman–Crippen MR) is 296 cm³/mol. The maximum Gasteiger partial charge on any atom is 0.305 e. The van der Waals surface area contributed by atoms with Gasteiger partial charge in [-0.15, -0.1) is 0 Å². The molecule has 0 fully saturated rings. The van der Waals surface area contributed by atoms with Gasteiger partial charge in [-0.25, -0.2) is 0 Å².